The maximum absolute atomic E-state index is 12.3. The van der Waals surface area contributed by atoms with E-state index in [0.29, 0.717) is 5.69 Å². The minimum atomic E-state index is -0.182. The smallest absolute Gasteiger partial charge is 0.275 e. The van der Waals surface area contributed by atoms with Crippen LogP contribution in [0.4, 0.5) is 5.69 Å². The van der Waals surface area contributed by atoms with Gasteiger partial charge in [0.1, 0.15) is 5.69 Å². The van der Waals surface area contributed by atoms with Gasteiger partial charge in [0.05, 0.1) is 0 Å². The van der Waals surface area contributed by atoms with Crippen LogP contribution in [0.15, 0.2) is 48.1 Å². The summed E-state index contributed by atoms with van der Waals surface area (Å²) in [4.78, 5) is 16.7. The molecule has 0 atom stereocenters. The zero-order valence-corrected chi connectivity index (χ0v) is 12.6. The van der Waals surface area contributed by atoms with Crippen LogP contribution in [0.1, 0.15) is 21.6 Å². The molecule has 0 spiro atoms. The summed E-state index contributed by atoms with van der Waals surface area (Å²) in [5.41, 5.74) is 3.41. The molecule has 21 heavy (non-hydrogen) atoms. The van der Waals surface area contributed by atoms with Crippen LogP contribution in [0.5, 0.6) is 0 Å². The lowest BCUT2D eigenvalue weighted by atomic mass is 10.1. The number of amides is 1. The van der Waals surface area contributed by atoms with Crippen LogP contribution < -0.4 is 5.32 Å². The van der Waals surface area contributed by atoms with Crippen LogP contribution >= 0.6 is 11.3 Å². The van der Waals surface area contributed by atoms with Crippen molar-refractivity contribution in [3.8, 4) is 5.13 Å². The molecule has 2 aromatic heterocycles. The van der Waals surface area contributed by atoms with Gasteiger partial charge in [0.15, 0.2) is 5.13 Å². The number of benzene rings is 1. The van der Waals surface area contributed by atoms with E-state index in [4.69, 9.17) is 0 Å². The minimum Gasteiger partial charge on any atom is -0.320 e. The van der Waals surface area contributed by atoms with Crippen molar-refractivity contribution in [2.45, 2.75) is 13.8 Å². The number of carbonyl (C=O) groups is 1. The molecule has 0 aliphatic carbocycles. The number of rotatable bonds is 3. The Morgan fingerprint density at radius 3 is 2.76 bits per heavy atom. The second-order valence-electron chi connectivity index (χ2n) is 4.88. The third-order valence-electron chi connectivity index (χ3n) is 3.19. The van der Waals surface area contributed by atoms with Gasteiger partial charge in [-0.05, 0) is 43.2 Å². The number of hydrogen-bond donors (Lipinski definition) is 1. The molecule has 1 amide bonds. The molecule has 0 aliphatic rings. The van der Waals surface area contributed by atoms with Crippen LogP contribution in [0.3, 0.4) is 0 Å². The van der Waals surface area contributed by atoms with Crippen LogP contribution in [-0.2, 0) is 0 Å². The van der Waals surface area contributed by atoms with Crippen LogP contribution in [0, 0.1) is 13.8 Å². The van der Waals surface area contributed by atoms with Crippen molar-refractivity contribution in [2.75, 3.05) is 5.32 Å². The molecule has 0 radical (unpaired) electrons. The van der Waals surface area contributed by atoms with Crippen molar-refractivity contribution < 1.29 is 4.79 Å². The predicted octanol–water partition coefficient (Wildman–Crippen LogP) is 3.80. The number of thiazole rings is 1. The third-order valence-corrected chi connectivity index (χ3v) is 4.05. The normalized spacial score (nSPS) is 10.6. The first-order valence-corrected chi connectivity index (χ1v) is 7.49. The van der Waals surface area contributed by atoms with Gasteiger partial charge in [0.25, 0.3) is 5.91 Å². The summed E-state index contributed by atoms with van der Waals surface area (Å²) in [7, 11) is 0. The summed E-state index contributed by atoms with van der Waals surface area (Å²) in [6.07, 6.45) is 3.82. The molecule has 1 N–H and O–H groups in total. The third kappa shape index (κ3) is 2.87. The highest BCUT2D eigenvalue weighted by atomic mass is 32.1. The average Bonchev–Trinajstić information content (AvgIpc) is 3.12. The Bertz CT molecular complexity index is 775. The average molecular weight is 297 g/mol. The van der Waals surface area contributed by atoms with E-state index in [2.05, 4.69) is 10.3 Å². The van der Waals surface area contributed by atoms with E-state index in [9.17, 15) is 4.79 Å². The molecule has 3 aromatic rings. The van der Waals surface area contributed by atoms with Gasteiger partial charge in [-0.1, -0.05) is 12.1 Å². The van der Waals surface area contributed by atoms with Gasteiger partial charge in [0.2, 0.25) is 0 Å². The minimum absolute atomic E-state index is 0.182. The fourth-order valence-corrected chi connectivity index (χ4v) is 2.78. The molecule has 0 saturated heterocycles. The Morgan fingerprint density at radius 2 is 2.00 bits per heavy atom. The number of hydrogen-bond acceptors (Lipinski definition) is 3. The molecule has 2 heterocycles. The van der Waals surface area contributed by atoms with Gasteiger partial charge in [-0.25, -0.2) is 4.98 Å². The summed E-state index contributed by atoms with van der Waals surface area (Å²) < 4.78 is 1.89. The van der Waals surface area contributed by atoms with Gasteiger partial charge < -0.3 is 9.88 Å². The van der Waals surface area contributed by atoms with Gasteiger partial charge in [-0.15, -0.1) is 11.3 Å². The fraction of sp³-hybridized carbons (Fsp3) is 0.125. The Kier molecular flexibility index (Phi) is 3.58. The number of nitrogens with one attached hydrogen (secondary N) is 1. The lowest BCUT2D eigenvalue weighted by Gasteiger charge is -2.07. The van der Waals surface area contributed by atoms with Crippen LogP contribution in [0.2, 0.25) is 0 Å². The molecule has 106 valence electrons. The van der Waals surface area contributed by atoms with Crippen molar-refractivity contribution in [3.05, 3.63) is 64.9 Å². The highest BCUT2D eigenvalue weighted by molar-refractivity contribution is 7.12. The molecule has 0 unspecified atom stereocenters. The molecule has 5 heteroatoms. The quantitative estimate of drug-likeness (QED) is 0.799. The van der Waals surface area contributed by atoms with Gasteiger partial charge >= 0.3 is 0 Å². The summed E-state index contributed by atoms with van der Waals surface area (Å²) in [5.74, 6) is -0.182. The number of carbonyl (C=O) groups excluding carboxylic acids is 1. The highest BCUT2D eigenvalue weighted by Crippen LogP contribution is 2.19. The topological polar surface area (TPSA) is 46.9 Å². The van der Waals surface area contributed by atoms with Gasteiger partial charge in [0, 0.05) is 23.5 Å². The lowest BCUT2D eigenvalue weighted by Crippen LogP contribution is -2.13. The Labute approximate surface area is 127 Å². The van der Waals surface area contributed by atoms with E-state index in [1.54, 1.807) is 5.38 Å². The SMILES string of the molecule is Cc1ccc(C)c(NC(=O)c2csc(-n3cccc3)n2)c1. The van der Waals surface area contributed by atoms with E-state index >= 15 is 0 Å². The second kappa shape index (κ2) is 5.54. The lowest BCUT2D eigenvalue weighted by molar-refractivity contribution is 0.102. The molecular weight excluding hydrogens is 282 g/mol. The first-order valence-electron chi connectivity index (χ1n) is 6.61. The summed E-state index contributed by atoms with van der Waals surface area (Å²) in [6, 6.07) is 9.84. The number of anilines is 1. The predicted molar refractivity (Wildman–Crippen MR) is 85.3 cm³/mol. The molecule has 1 aromatic carbocycles. The van der Waals surface area contributed by atoms with Crippen molar-refractivity contribution >= 4 is 22.9 Å². The molecule has 0 bridgehead atoms. The fourth-order valence-electron chi connectivity index (χ4n) is 2.01. The summed E-state index contributed by atoms with van der Waals surface area (Å²) in [5, 5.41) is 5.48. The molecular formula is C16H15N3OS. The molecule has 3 rings (SSSR count). The Hall–Kier alpha value is -2.40. The van der Waals surface area contributed by atoms with E-state index in [1.165, 1.54) is 11.3 Å². The van der Waals surface area contributed by atoms with Gasteiger partial charge in [-0.3, -0.25) is 4.79 Å². The largest absolute Gasteiger partial charge is 0.320 e. The van der Waals surface area contributed by atoms with Crippen LogP contribution in [-0.4, -0.2) is 15.5 Å². The monoisotopic (exact) mass is 297 g/mol. The van der Waals surface area contributed by atoms with E-state index in [1.807, 2.05) is 61.1 Å². The summed E-state index contributed by atoms with van der Waals surface area (Å²) in [6.45, 7) is 3.98. The maximum atomic E-state index is 12.3. The summed E-state index contributed by atoms with van der Waals surface area (Å²) >= 11 is 1.44. The maximum Gasteiger partial charge on any atom is 0.275 e. The Balaban J connectivity index is 1.81. The standard InChI is InChI=1S/C16H15N3OS/c1-11-5-6-12(2)13(9-11)17-15(20)14-10-21-16(18-14)19-7-3-4-8-19/h3-10H,1-2H3,(H,17,20). The van der Waals surface area contributed by atoms with Crippen molar-refractivity contribution in [1.29, 1.82) is 0 Å². The zero-order valence-electron chi connectivity index (χ0n) is 11.8. The van der Waals surface area contributed by atoms with Crippen LogP contribution in [0.25, 0.3) is 5.13 Å². The van der Waals surface area contributed by atoms with E-state index in [-0.39, 0.29) is 5.91 Å². The highest BCUT2D eigenvalue weighted by Gasteiger charge is 2.12. The van der Waals surface area contributed by atoms with Crippen molar-refractivity contribution in [2.24, 2.45) is 0 Å². The molecule has 0 aliphatic heterocycles. The van der Waals surface area contributed by atoms with E-state index < -0.39 is 0 Å². The number of aromatic nitrogens is 2. The molecule has 0 fully saturated rings. The van der Waals surface area contributed by atoms with Gasteiger partial charge in [-0.2, -0.15) is 0 Å². The second-order valence-corrected chi connectivity index (χ2v) is 5.71. The zero-order chi connectivity index (χ0) is 14.8. The van der Waals surface area contributed by atoms with E-state index in [0.717, 1.165) is 21.9 Å². The van der Waals surface area contributed by atoms with Crippen molar-refractivity contribution in [1.82, 2.24) is 9.55 Å². The number of aryl methyl sites for hydroxylation is 2. The first kappa shape index (κ1) is 13.6. The first-order chi connectivity index (χ1) is 10.1. The molecule has 0 saturated carbocycles. The molecule has 4 nitrogen and oxygen atoms in total. The number of nitrogens with zero attached hydrogens (tertiary/aromatic N) is 2. The Morgan fingerprint density at radius 1 is 1.24 bits per heavy atom. The van der Waals surface area contributed by atoms with Crippen molar-refractivity contribution in [3.63, 3.8) is 0 Å².